The first kappa shape index (κ1) is 19.4. The number of anilines is 1. The minimum atomic E-state index is -0.261. The van der Waals surface area contributed by atoms with Gasteiger partial charge in [-0.1, -0.05) is 49.4 Å². The summed E-state index contributed by atoms with van der Waals surface area (Å²) in [6, 6.07) is 17.5. The fourth-order valence-electron chi connectivity index (χ4n) is 2.45. The highest BCUT2D eigenvalue weighted by atomic mass is 16.2. The molecular weight excluding hydrogens is 326 g/mol. The van der Waals surface area contributed by atoms with E-state index in [0.717, 1.165) is 28.9 Å². The van der Waals surface area contributed by atoms with Crippen molar-refractivity contribution in [2.45, 2.75) is 39.5 Å². The Morgan fingerprint density at radius 1 is 0.962 bits per heavy atom. The van der Waals surface area contributed by atoms with Crippen molar-refractivity contribution in [2.24, 2.45) is 5.10 Å². The highest BCUT2D eigenvalue weighted by molar-refractivity contribution is 5.93. The Labute approximate surface area is 154 Å². The van der Waals surface area contributed by atoms with Crippen molar-refractivity contribution in [1.29, 1.82) is 0 Å². The van der Waals surface area contributed by atoms with E-state index in [2.05, 4.69) is 15.8 Å². The van der Waals surface area contributed by atoms with Crippen LogP contribution in [0.15, 0.2) is 59.7 Å². The molecule has 0 aliphatic rings. The molecule has 0 saturated carbocycles. The second kappa shape index (κ2) is 10.1. The fraction of sp³-hybridized carbons (Fsp3) is 0.286. The van der Waals surface area contributed by atoms with Crippen molar-refractivity contribution >= 4 is 23.2 Å². The van der Waals surface area contributed by atoms with E-state index in [-0.39, 0.29) is 24.7 Å². The van der Waals surface area contributed by atoms with E-state index >= 15 is 0 Å². The molecular formula is C21H25N3O2. The molecule has 0 spiro atoms. The number of amides is 2. The monoisotopic (exact) mass is 351 g/mol. The molecule has 0 bridgehead atoms. The summed E-state index contributed by atoms with van der Waals surface area (Å²) in [6.07, 6.45) is 1.67. The van der Waals surface area contributed by atoms with Crippen LogP contribution in [0.1, 0.15) is 37.3 Å². The van der Waals surface area contributed by atoms with Crippen molar-refractivity contribution in [2.75, 3.05) is 5.32 Å². The number of carbonyl (C=O) groups excluding carboxylic acids is 2. The number of rotatable bonds is 8. The maximum absolute atomic E-state index is 11.9. The van der Waals surface area contributed by atoms with E-state index in [1.807, 2.05) is 68.4 Å². The van der Waals surface area contributed by atoms with Gasteiger partial charge in [-0.05, 0) is 36.6 Å². The van der Waals surface area contributed by atoms with Gasteiger partial charge in [0, 0.05) is 30.7 Å². The molecule has 0 radical (unpaired) electrons. The van der Waals surface area contributed by atoms with Gasteiger partial charge in [-0.25, -0.2) is 5.43 Å². The molecule has 5 heteroatoms. The van der Waals surface area contributed by atoms with Gasteiger partial charge < -0.3 is 5.32 Å². The zero-order valence-corrected chi connectivity index (χ0v) is 15.3. The van der Waals surface area contributed by atoms with Gasteiger partial charge in [0.2, 0.25) is 11.8 Å². The summed E-state index contributed by atoms with van der Waals surface area (Å²) in [7, 11) is 0. The molecule has 0 unspecified atom stereocenters. The molecule has 0 heterocycles. The number of benzene rings is 2. The van der Waals surface area contributed by atoms with Gasteiger partial charge in [0.25, 0.3) is 0 Å². The molecule has 0 aliphatic heterocycles. The summed E-state index contributed by atoms with van der Waals surface area (Å²) in [5.74, 6) is -0.446. The van der Waals surface area contributed by atoms with Crippen LogP contribution in [0.2, 0.25) is 0 Å². The molecule has 0 aliphatic carbocycles. The molecule has 2 rings (SSSR count). The van der Waals surface area contributed by atoms with Crippen LogP contribution < -0.4 is 10.7 Å². The number of nitrogens with one attached hydrogen (secondary N) is 2. The standard InChI is InChI=1S/C21H25N3O2/c1-3-18(15-17-9-5-4-6-10-17)23-24-21(26)13-12-20(25)22-19-11-7-8-16(2)14-19/h4-11,14H,3,12-13,15H2,1-2H3,(H,22,25)(H,24,26)/b23-18+. The zero-order chi connectivity index (χ0) is 18.8. The van der Waals surface area contributed by atoms with E-state index in [1.165, 1.54) is 0 Å². The maximum atomic E-state index is 11.9. The predicted octanol–water partition coefficient (Wildman–Crippen LogP) is 3.84. The van der Waals surface area contributed by atoms with Gasteiger partial charge >= 0.3 is 0 Å². The van der Waals surface area contributed by atoms with Crippen LogP contribution in [0.4, 0.5) is 5.69 Å². The van der Waals surface area contributed by atoms with Gasteiger partial charge in [0.05, 0.1) is 0 Å². The van der Waals surface area contributed by atoms with Crippen molar-refractivity contribution in [3.63, 3.8) is 0 Å². The van der Waals surface area contributed by atoms with Crippen molar-refractivity contribution < 1.29 is 9.59 Å². The number of hydrazone groups is 1. The summed E-state index contributed by atoms with van der Waals surface area (Å²) in [6.45, 7) is 3.96. The molecule has 136 valence electrons. The lowest BCUT2D eigenvalue weighted by atomic mass is 10.1. The Hall–Kier alpha value is -2.95. The average Bonchev–Trinajstić information content (AvgIpc) is 2.64. The molecule has 2 N–H and O–H groups in total. The molecule has 0 fully saturated rings. The number of hydrogen-bond donors (Lipinski definition) is 2. The van der Waals surface area contributed by atoms with E-state index in [4.69, 9.17) is 0 Å². The van der Waals surface area contributed by atoms with Crippen molar-refractivity contribution in [1.82, 2.24) is 5.43 Å². The molecule has 2 aromatic carbocycles. The van der Waals surface area contributed by atoms with Crippen molar-refractivity contribution in [3.05, 3.63) is 65.7 Å². The molecule has 2 amide bonds. The summed E-state index contributed by atoms with van der Waals surface area (Å²) in [4.78, 5) is 23.9. The third-order valence-electron chi connectivity index (χ3n) is 3.88. The second-order valence-electron chi connectivity index (χ2n) is 6.15. The normalized spacial score (nSPS) is 11.1. The topological polar surface area (TPSA) is 70.6 Å². The average molecular weight is 351 g/mol. The quantitative estimate of drug-likeness (QED) is 0.560. The number of nitrogens with zero attached hydrogens (tertiary/aromatic N) is 1. The highest BCUT2D eigenvalue weighted by Crippen LogP contribution is 2.10. The maximum Gasteiger partial charge on any atom is 0.240 e. The lowest BCUT2D eigenvalue weighted by molar-refractivity contribution is -0.124. The van der Waals surface area contributed by atoms with Gasteiger partial charge in [0.15, 0.2) is 0 Å². The lowest BCUT2D eigenvalue weighted by Crippen LogP contribution is -2.22. The van der Waals surface area contributed by atoms with Gasteiger partial charge in [-0.15, -0.1) is 0 Å². The minimum Gasteiger partial charge on any atom is -0.326 e. The fourth-order valence-corrected chi connectivity index (χ4v) is 2.45. The van der Waals surface area contributed by atoms with Crippen LogP contribution in [0, 0.1) is 6.92 Å². The van der Waals surface area contributed by atoms with Gasteiger partial charge in [-0.2, -0.15) is 5.10 Å². The Morgan fingerprint density at radius 2 is 1.69 bits per heavy atom. The third-order valence-corrected chi connectivity index (χ3v) is 3.88. The molecule has 0 saturated heterocycles. The summed E-state index contributed by atoms with van der Waals surface area (Å²) in [5.41, 5.74) is 6.41. The molecule has 0 aromatic heterocycles. The first-order chi connectivity index (χ1) is 12.6. The Kier molecular flexibility index (Phi) is 7.55. The van der Waals surface area contributed by atoms with Crippen LogP contribution >= 0.6 is 0 Å². The van der Waals surface area contributed by atoms with Crippen molar-refractivity contribution in [3.8, 4) is 0 Å². The van der Waals surface area contributed by atoms with Gasteiger partial charge in [-0.3, -0.25) is 9.59 Å². The highest BCUT2D eigenvalue weighted by Gasteiger charge is 2.07. The Balaban J connectivity index is 1.77. The number of carbonyl (C=O) groups is 2. The molecule has 26 heavy (non-hydrogen) atoms. The SMILES string of the molecule is CC/C(Cc1ccccc1)=N\NC(=O)CCC(=O)Nc1cccc(C)c1. The molecule has 5 nitrogen and oxygen atoms in total. The predicted molar refractivity (Wildman–Crippen MR) is 105 cm³/mol. The molecule has 0 atom stereocenters. The minimum absolute atomic E-state index is 0.101. The van der Waals surface area contributed by atoms with Crippen LogP contribution in [-0.2, 0) is 16.0 Å². The van der Waals surface area contributed by atoms with E-state index < -0.39 is 0 Å². The summed E-state index contributed by atoms with van der Waals surface area (Å²) in [5, 5.41) is 6.99. The lowest BCUT2D eigenvalue weighted by Gasteiger charge is -2.07. The first-order valence-corrected chi connectivity index (χ1v) is 8.81. The largest absolute Gasteiger partial charge is 0.326 e. The third kappa shape index (κ3) is 6.89. The van der Waals surface area contributed by atoms with E-state index in [1.54, 1.807) is 0 Å². The molecule has 2 aromatic rings. The Morgan fingerprint density at radius 3 is 2.38 bits per heavy atom. The summed E-state index contributed by atoms with van der Waals surface area (Å²) >= 11 is 0. The van der Waals surface area contributed by atoms with Crippen LogP contribution in [-0.4, -0.2) is 17.5 Å². The smallest absolute Gasteiger partial charge is 0.240 e. The zero-order valence-electron chi connectivity index (χ0n) is 15.3. The van der Waals surface area contributed by atoms with E-state index in [0.29, 0.717) is 6.42 Å². The Bertz CT molecular complexity index is 770. The van der Waals surface area contributed by atoms with Gasteiger partial charge in [0.1, 0.15) is 0 Å². The van der Waals surface area contributed by atoms with Crippen LogP contribution in [0.3, 0.4) is 0 Å². The summed E-state index contributed by atoms with van der Waals surface area (Å²) < 4.78 is 0. The van der Waals surface area contributed by atoms with E-state index in [9.17, 15) is 9.59 Å². The second-order valence-corrected chi connectivity index (χ2v) is 6.15. The number of aryl methyl sites for hydroxylation is 1. The van der Waals surface area contributed by atoms with Crippen LogP contribution in [0.5, 0.6) is 0 Å². The first-order valence-electron chi connectivity index (χ1n) is 8.81. The number of hydrogen-bond acceptors (Lipinski definition) is 3. The van der Waals surface area contributed by atoms with Crippen LogP contribution in [0.25, 0.3) is 0 Å².